The van der Waals surface area contributed by atoms with Crippen LogP contribution in [0.2, 0.25) is 0 Å². The van der Waals surface area contributed by atoms with Crippen LogP contribution >= 0.6 is 0 Å². The van der Waals surface area contributed by atoms with E-state index in [-0.39, 0.29) is 0 Å². The molecule has 0 aromatic heterocycles. The van der Waals surface area contributed by atoms with Crippen LogP contribution in [0.25, 0.3) is 0 Å². The summed E-state index contributed by atoms with van der Waals surface area (Å²) in [6, 6.07) is 16.8. The molecule has 0 spiro atoms. The molecule has 3 rings (SSSR count). The number of hydrogen-bond donors (Lipinski definition) is 2. The number of aliphatic imine (C=N–C) groups is 1. The number of guanidine groups is 1. The standard InChI is InChI=1S/C19H23N3.CH4O3S/c1-3-14(2)15-8-10-17(11-9-15)21-19(20)22-13-12-16-6-4-5-7-18(16)22;1-5(2,3)4/h4-11,14H,3,12-13H2,1-2H3,(H2,20,21);1H3,(H,2,3,4). The van der Waals surface area contributed by atoms with Crippen LogP contribution in [-0.4, -0.2) is 31.7 Å². The third-order valence-corrected chi connectivity index (χ3v) is 4.48. The predicted molar refractivity (Wildman–Crippen MR) is 111 cm³/mol. The molecule has 0 bridgehead atoms. The van der Waals surface area contributed by atoms with Gasteiger partial charge in [0.1, 0.15) is 0 Å². The Morgan fingerprint density at radius 1 is 1.22 bits per heavy atom. The van der Waals surface area contributed by atoms with Gasteiger partial charge in [-0.05, 0) is 48.1 Å². The molecule has 7 heteroatoms. The SMILES string of the molecule is CCC(C)c1ccc(N=C(N)N2CCc3ccccc32)cc1.CS(=O)(=O)O. The molecule has 2 aromatic rings. The van der Waals surface area contributed by atoms with E-state index in [1.54, 1.807) is 0 Å². The summed E-state index contributed by atoms with van der Waals surface area (Å²) in [5, 5.41) is 0. The highest BCUT2D eigenvalue weighted by molar-refractivity contribution is 7.85. The van der Waals surface area contributed by atoms with Gasteiger partial charge in [0.05, 0.1) is 11.9 Å². The highest BCUT2D eigenvalue weighted by Gasteiger charge is 2.20. The van der Waals surface area contributed by atoms with Crippen molar-refractivity contribution < 1.29 is 13.0 Å². The van der Waals surface area contributed by atoms with Gasteiger partial charge in [0.15, 0.2) is 0 Å². The molecule has 0 fully saturated rings. The molecule has 1 aliphatic rings. The van der Waals surface area contributed by atoms with E-state index in [9.17, 15) is 8.42 Å². The fourth-order valence-electron chi connectivity index (χ4n) is 2.88. The summed E-state index contributed by atoms with van der Waals surface area (Å²) in [7, 11) is -3.67. The second kappa shape index (κ2) is 9.01. The van der Waals surface area contributed by atoms with Crippen LogP contribution in [0, 0.1) is 0 Å². The van der Waals surface area contributed by atoms with E-state index in [2.05, 4.69) is 66.2 Å². The average Bonchev–Trinajstić information content (AvgIpc) is 3.04. The molecular formula is C20H27N3O3S. The maximum atomic E-state index is 9.19. The number of benzene rings is 2. The van der Waals surface area contributed by atoms with Crippen LogP contribution in [0.4, 0.5) is 11.4 Å². The van der Waals surface area contributed by atoms with Crippen molar-refractivity contribution >= 4 is 27.5 Å². The molecule has 2 aromatic carbocycles. The fraction of sp³-hybridized carbons (Fsp3) is 0.350. The van der Waals surface area contributed by atoms with Crippen LogP contribution in [0.1, 0.15) is 37.3 Å². The first-order chi connectivity index (χ1) is 12.7. The normalized spacial score (nSPS) is 15.0. The maximum Gasteiger partial charge on any atom is 0.261 e. The van der Waals surface area contributed by atoms with Gasteiger partial charge in [0.25, 0.3) is 10.1 Å². The van der Waals surface area contributed by atoms with Crippen molar-refractivity contribution in [2.45, 2.75) is 32.6 Å². The molecule has 1 heterocycles. The highest BCUT2D eigenvalue weighted by atomic mass is 32.2. The average molecular weight is 390 g/mol. The first-order valence-corrected chi connectivity index (χ1v) is 10.8. The Morgan fingerprint density at radius 2 is 1.81 bits per heavy atom. The van der Waals surface area contributed by atoms with Crippen molar-refractivity contribution in [3.05, 3.63) is 59.7 Å². The quantitative estimate of drug-likeness (QED) is 0.474. The van der Waals surface area contributed by atoms with E-state index in [1.165, 1.54) is 16.8 Å². The van der Waals surface area contributed by atoms with Crippen molar-refractivity contribution in [3.63, 3.8) is 0 Å². The molecule has 0 aliphatic carbocycles. The van der Waals surface area contributed by atoms with Gasteiger partial charge in [-0.3, -0.25) is 4.55 Å². The highest BCUT2D eigenvalue weighted by Crippen LogP contribution is 2.28. The Hall–Kier alpha value is -2.38. The lowest BCUT2D eigenvalue weighted by Gasteiger charge is -2.18. The number of hydrogen-bond acceptors (Lipinski definition) is 3. The number of nitrogens with two attached hydrogens (primary N) is 1. The zero-order valence-electron chi connectivity index (χ0n) is 16.0. The largest absolute Gasteiger partial charge is 0.369 e. The van der Waals surface area contributed by atoms with Gasteiger partial charge in [-0.2, -0.15) is 8.42 Å². The van der Waals surface area contributed by atoms with Gasteiger partial charge >= 0.3 is 0 Å². The number of para-hydroxylation sites is 1. The van der Waals surface area contributed by atoms with Gasteiger partial charge in [-0.1, -0.05) is 44.2 Å². The van der Waals surface area contributed by atoms with Crippen molar-refractivity contribution in [1.29, 1.82) is 0 Å². The Bertz CT molecular complexity index is 885. The van der Waals surface area contributed by atoms with E-state index in [1.807, 2.05) is 6.07 Å². The minimum absolute atomic E-state index is 0.571. The summed E-state index contributed by atoms with van der Waals surface area (Å²) in [5.74, 6) is 1.15. The number of nitrogens with zero attached hydrogens (tertiary/aromatic N) is 2. The van der Waals surface area contributed by atoms with Crippen molar-refractivity contribution in [2.24, 2.45) is 10.7 Å². The van der Waals surface area contributed by atoms with Gasteiger partial charge in [-0.25, -0.2) is 4.99 Å². The second-order valence-corrected chi connectivity index (χ2v) is 8.10. The van der Waals surface area contributed by atoms with Crippen molar-refractivity contribution in [2.75, 3.05) is 17.7 Å². The lowest BCUT2D eigenvalue weighted by atomic mass is 9.99. The van der Waals surface area contributed by atoms with Crippen LogP contribution in [0.15, 0.2) is 53.5 Å². The fourth-order valence-corrected chi connectivity index (χ4v) is 2.88. The van der Waals surface area contributed by atoms with Crippen LogP contribution < -0.4 is 10.6 Å². The molecule has 27 heavy (non-hydrogen) atoms. The minimum Gasteiger partial charge on any atom is -0.369 e. The molecule has 0 saturated carbocycles. The topological polar surface area (TPSA) is 96.0 Å². The molecule has 1 aliphatic heterocycles. The molecule has 1 atom stereocenters. The summed E-state index contributed by atoms with van der Waals surface area (Å²) in [4.78, 5) is 6.68. The van der Waals surface area contributed by atoms with Crippen LogP contribution in [0.3, 0.4) is 0 Å². The van der Waals surface area contributed by atoms with Gasteiger partial charge in [0, 0.05) is 12.2 Å². The Kier molecular flexibility index (Phi) is 6.98. The lowest BCUT2D eigenvalue weighted by Crippen LogP contribution is -2.35. The predicted octanol–water partition coefficient (Wildman–Crippen LogP) is 3.71. The Balaban J connectivity index is 0.000000465. The summed E-state index contributed by atoms with van der Waals surface area (Å²) in [5.41, 5.74) is 11.0. The molecule has 6 nitrogen and oxygen atoms in total. The monoisotopic (exact) mass is 389 g/mol. The van der Waals surface area contributed by atoms with Gasteiger partial charge < -0.3 is 10.6 Å². The van der Waals surface area contributed by atoms with Crippen LogP contribution in [0.5, 0.6) is 0 Å². The maximum absolute atomic E-state index is 9.19. The third-order valence-electron chi connectivity index (χ3n) is 4.48. The molecule has 0 amide bonds. The molecule has 1 unspecified atom stereocenters. The number of anilines is 1. The Labute approximate surface area is 161 Å². The van der Waals surface area contributed by atoms with Crippen LogP contribution in [-0.2, 0) is 16.5 Å². The molecule has 3 N–H and O–H groups in total. The van der Waals surface area contributed by atoms with E-state index in [0.717, 1.165) is 25.1 Å². The summed E-state index contributed by atoms with van der Waals surface area (Å²) in [6.45, 7) is 5.35. The smallest absolute Gasteiger partial charge is 0.261 e. The Morgan fingerprint density at radius 3 is 2.41 bits per heavy atom. The van der Waals surface area contributed by atoms with Crippen molar-refractivity contribution in [1.82, 2.24) is 0 Å². The first-order valence-electron chi connectivity index (χ1n) is 8.91. The zero-order chi connectivity index (χ0) is 20.0. The first kappa shape index (κ1) is 20.9. The number of fused-ring (bicyclic) bond motifs is 1. The second-order valence-electron chi connectivity index (χ2n) is 6.63. The zero-order valence-corrected chi connectivity index (χ0v) is 16.8. The molecule has 0 saturated heterocycles. The van der Waals surface area contributed by atoms with Gasteiger partial charge in [0.2, 0.25) is 5.96 Å². The lowest BCUT2D eigenvalue weighted by molar-refractivity contribution is 0.490. The summed E-state index contributed by atoms with van der Waals surface area (Å²) in [6.07, 6.45) is 2.89. The van der Waals surface area contributed by atoms with Gasteiger partial charge in [-0.15, -0.1) is 0 Å². The third kappa shape index (κ3) is 6.37. The van der Waals surface area contributed by atoms with E-state index < -0.39 is 10.1 Å². The number of rotatable bonds is 3. The van der Waals surface area contributed by atoms with E-state index in [0.29, 0.717) is 18.1 Å². The summed E-state index contributed by atoms with van der Waals surface area (Å²) < 4.78 is 25.9. The molecule has 0 radical (unpaired) electrons. The van der Waals surface area contributed by atoms with E-state index in [4.69, 9.17) is 10.3 Å². The molecular weight excluding hydrogens is 362 g/mol. The van der Waals surface area contributed by atoms with E-state index >= 15 is 0 Å². The summed E-state index contributed by atoms with van der Waals surface area (Å²) >= 11 is 0. The molecule has 146 valence electrons. The minimum atomic E-state index is -3.67. The van der Waals surface area contributed by atoms with Crippen molar-refractivity contribution in [3.8, 4) is 0 Å².